The highest BCUT2D eigenvalue weighted by molar-refractivity contribution is 7.89. The van der Waals surface area contributed by atoms with Gasteiger partial charge in [0.15, 0.2) is 0 Å². The van der Waals surface area contributed by atoms with Crippen molar-refractivity contribution in [2.75, 3.05) is 13.6 Å². The summed E-state index contributed by atoms with van der Waals surface area (Å²) in [6.45, 7) is 7.36. The standard InChI is InChI=1S/C34H39N3O4S/c1-25-13-9-10-18-29(25)23-37(31(33(39)35-34(2,3)4)21-26-14-7-6-8-15-26)32(38)24-36(5)42(40,41)30-20-19-27-16-11-12-17-28(27)22-30/h6-20,22,31H,21,23-24H2,1-5H3,(H,35,39). The van der Waals surface area contributed by atoms with Crippen molar-refractivity contribution in [2.24, 2.45) is 0 Å². The normalized spacial score (nSPS) is 12.7. The zero-order valence-electron chi connectivity index (χ0n) is 24.9. The minimum absolute atomic E-state index is 0.105. The number of sulfonamides is 1. The number of hydrogen-bond donors (Lipinski definition) is 1. The molecule has 0 bridgehead atoms. The fourth-order valence-corrected chi connectivity index (χ4v) is 6.01. The van der Waals surface area contributed by atoms with Gasteiger partial charge in [0.25, 0.3) is 0 Å². The smallest absolute Gasteiger partial charge is 0.243 e. The summed E-state index contributed by atoms with van der Waals surface area (Å²) >= 11 is 0. The van der Waals surface area contributed by atoms with Crippen LogP contribution in [-0.2, 0) is 32.6 Å². The Morgan fingerprint density at radius 2 is 1.45 bits per heavy atom. The second kappa shape index (κ2) is 12.9. The average molecular weight is 586 g/mol. The first-order valence-electron chi connectivity index (χ1n) is 14.0. The summed E-state index contributed by atoms with van der Waals surface area (Å²) in [6, 6.07) is 28.8. The molecule has 4 aromatic rings. The van der Waals surface area contributed by atoms with Crippen molar-refractivity contribution >= 4 is 32.6 Å². The molecule has 42 heavy (non-hydrogen) atoms. The maximum absolute atomic E-state index is 14.1. The van der Waals surface area contributed by atoms with Gasteiger partial charge in [0, 0.05) is 25.6 Å². The van der Waals surface area contributed by atoms with Crippen LogP contribution in [0.4, 0.5) is 0 Å². The lowest BCUT2D eigenvalue weighted by atomic mass is 10.00. The SMILES string of the molecule is Cc1ccccc1CN(C(=O)CN(C)S(=O)(=O)c1ccc2ccccc2c1)C(Cc1ccccc1)C(=O)NC(C)(C)C. The number of nitrogens with one attached hydrogen (secondary N) is 1. The molecular weight excluding hydrogens is 546 g/mol. The zero-order chi connectivity index (χ0) is 30.5. The van der Waals surface area contributed by atoms with Gasteiger partial charge in [-0.25, -0.2) is 8.42 Å². The van der Waals surface area contributed by atoms with Gasteiger partial charge in [0.05, 0.1) is 11.4 Å². The monoisotopic (exact) mass is 585 g/mol. The maximum Gasteiger partial charge on any atom is 0.243 e. The van der Waals surface area contributed by atoms with E-state index in [-0.39, 0.29) is 23.8 Å². The van der Waals surface area contributed by atoms with E-state index in [0.29, 0.717) is 0 Å². The highest BCUT2D eigenvalue weighted by Gasteiger charge is 2.34. The Morgan fingerprint density at radius 3 is 2.12 bits per heavy atom. The minimum Gasteiger partial charge on any atom is -0.350 e. The molecule has 0 heterocycles. The largest absolute Gasteiger partial charge is 0.350 e. The van der Waals surface area contributed by atoms with Crippen LogP contribution in [0.1, 0.15) is 37.5 Å². The van der Waals surface area contributed by atoms with Gasteiger partial charge in [-0.05, 0) is 67.3 Å². The lowest BCUT2D eigenvalue weighted by molar-refractivity contribution is -0.141. The fraction of sp³-hybridized carbons (Fsp3) is 0.294. The van der Waals surface area contributed by atoms with Gasteiger partial charge in [0.2, 0.25) is 21.8 Å². The molecule has 0 aromatic heterocycles. The third-order valence-corrected chi connectivity index (χ3v) is 8.96. The molecule has 0 aliphatic carbocycles. The van der Waals surface area contributed by atoms with E-state index < -0.39 is 34.1 Å². The summed E-state index contributed by atoms with van der Waals surface area (Å²) < 4.78 is 28.3. The van der Waals surface area contributed by atoms with Crippen molar-refractivity contribution in [3.63, 3.8) is 0 Å². The molecule has 7 nitrogen and oxygen atoms in total. The molecule has 2 amide bonds. The molecule has 4 aromatic carbocycles. The number of hydrogen-bond acceptors (Lipinski definition) is 4. The number of amides is 2. The Labute approximate surface area is 249 Å². The molecule has 0 fully saturated rings. The minimum atomic E-state index is -3.99. The third kappa shape index (κ3) is 7.63. The lowest BCUT2D eigenvalue weighted by Gasteiger charge is -2.35. The highest BCUT2D eigenvalue weighted by Crippen LogP contribution is 2.23. The van der Waals surface area contributed by atoms with Gasteiger partial charge < -0.3 is 10.2 Å². The van der Waals surface area contributed by atoms with Gasteiger partial charge in [-0.15, -0.1) is 0 Å². The number of aryl methyl sites for hydroxylation is 1. The predicted octanol–water partition coefficient (Wildman–Crippen LogP) is 5.32. The van der Waals surface area contributed by atoms with Gasteiger partial charge in [0.1, 0.15) is 6.04 Å². The van der Waals surface area contributed by atoms with Crippen LogP contribution < -0.4 is 5.32 Å². The van der Waals surface area contributed by atoms with E-state index >= 15 is 0 Å². The van der Waals surface area contributed by atoms with Crippen molar-refractivity contribution < 1.29 is 18.0 Å². The molecule has 1 N–H and O–H groups in total. The molecule has 0 aliphatic heterocycles. The fourth-order valence-electron chi connectivity index (χ4n) is 4.85. The molecule has 8 heteroatoms. The average Bonchev–Trinajstić information content (AvgIpc) is 2.95. The summed E-state index contributed by atoms with van der Waals surface area (Å²) in [7, 11) is -2.59. The van der Waals surface area contributed by atoms with Gasteiger partial charge in [-0.3, -0.25) is 9.59 Å². The molecule has 4 rings (SSSR count). The number of benzene rings is 4. The van der Waals surface area contributed by atoms with Crippen LogP contribution in [0.15, 0.2) is 102 Å². The van der Waals surface area contributed by atoms with Crippen LogP contribution >= 0.6 is 0 Å². The quantitative estimate of drug-likeness (QED) is 0.273. The predicted molar refractivity (Wildman–Crippen MR) is 167 cm³/mol. The third-order valence-electron chi connectivity index (χ3n) is 7.16. The first-order valence-corrected chi connectivity index (χ1v) is 15.4. The van der Waals surface area contributed by atoms with Gasteiger partial charge in [-0.1, -0.05) is 84.9 Å². The van der Waals surface area contributed by atoms with Crippen molar-refractivity contribution in [1.29, 1.82) is 0 Å². The van der Waals surface area contributed by atoms with Crippen molar-refractivity contribution in [2.45, 2.75) is 57.1 Å². The molecule has 0 saturated heterocycles. The topological polar surface area (TPSA) is 86.8 Å². The van der Waals surface area contributed by atoms with E-state index in [1.807, 2.05) is 107 Å². The van der Waals surface area contributed by atoms with Crippen LogP contribution in [-0.4, -0.2) is 54.6 Å². The molecule has 0 radical (unpaired) electrons. The van der Waals surface area contributed by atoms with Crippen LogP contribution in [0.5, 0.6) is 0 Å². The Bertz CT molecular complexity index is 1660. The van der Waals surface area contributed by atoms with Crippen LogP contribution in [0.2, 0.25) is 0 Å². The molecule has 1 atom stereocenters. The van der Waals surface area contributed by atoms with E-state index in [2.05, 4.69) is 5.32 Å². The molecule has 0 aliphatic rings. The molecule has 0 saturated carbocycles. The van der Waals surface area contributed by atoms with Gasteiger partial charge in [-0.2, -0.15) is 4.31 Å². The van der Waals surface area contributed by atoms with Crippen molar-refractivity contribution in [3.8, 4) is 0 Å². The second-order valence-electron chi connectivity index (χ2n) is 11.7. The van der Waals surface area contributed by atoms with E-state index in [9.17, 15) is 18.0 Å². The first-order chi connectivity index (χ1) is 19.8. The number of carbonyl (C=O) groups excluding carboxylic acids is 2. The number of carbonyl (C=O) groups is 2. The van der Waals surface area contributed by atoms with Crippen LogP contribution in [0.25, 0.3) is 10.8 Å². The van der Waals surface area contributed by atoms with Crippen LogP contribution in [0.3, 0.4) is 0 Å². The summed E-state index contributed by atoms with van der Waals surface area (Å²) in [5.74, 6) is -0.761. The number of likely N-dealkylation sites (N-methyl/N-ethyl adjacent to an activating group) is 1. The Hall–Kier alpha value is -4.01. The first kappa shape index (κ1) is 30.9. The van der Waals surface area contributed by atoms with E-state index in [4.69, 9.17) is 0 Å². The molecule has 220 valence electrons. The number of nitrogens with zero attached hydrogens (tertiary/aromatic N) is 2. The van der Waals surface area contributed by atoms with E-state index in [1.165, 1.54) is 11.9 Å². The summed E-state index contributed by atoms with van der Waals surface area (Å²) in [4.78, 5) is 29.5. The Kier molecular flexibility index (Phi) is 9.49. The molecule has 0 spiro atoms. The van der Waals surface area contributed by atoms with E-state index in [1.54, 1.807) is 18.2 Å². The van der Waals surface area contributed by atoms with Gasteiger partial charge >= 0.3 is 0 Å². The highest BCUT2D eigenvalue weighted by atomic mass is 32.2. The van der Waals surface area contributed by atoms with E-state index in [0.717, 1.165) is 31.8 Å². The Balaban J connectivity index is 1.69. The Morgan fingerprint density at radius 1 is 0.833 bits per heavy atom. The van der Waals surface area contributed by atoms with Crippen LogP contribution in [0, 0.1) is 6.92 Å². The van der Waals surface area contributed by atoms with Crippen molar-refractivity contribution in [1.82, 2.24) is 14.5 Å². The maximum atomic E-state index is 14.1. The lowest BCUT2D eigenvalue weighted by Crippen LogP contribution is -2.56. The summed E-state index contributed by atoms with van der Waals surface area (Å²) in [6.07, 6.45) is 0.279. The second-order valence-corrected chi connectivity index (χ2v) is 13.7. The zero-order valence-corrected chi connectivity index (χ0v) is 25.7. The summed E-state index contributed by atoms with van der Waals surface area (Å²) in [5.41, 5.74) is 2.22. The van der Waals surface area contributed by atoms with Crippen molar-refractivity contribution in [3.05, 3.63) is 114 Å². The molecule has 1 unspecified atom stereocenters. The molecular formula is C34H39N3O4S. The number of fused-ring (bicyclic) bond motifs is 1. The number of rotatable bonds is 10. The summed E-state index contributed by atoms with van der Waals surface area (Å²) in [5, 5.41) is 4.75.